The molecule has 7 heteroatoms. The number of benzene rings is 1. The molecule has 0 bridgehead atoms. The van der Waals surface area contributed by atoms with Gasteiger partial charge in [-0.15, -0.1) is 0 Å². The second-order valence-corrected chi connectivity index (χ2v) is 6.49. The number of hydrogen-bond acceptors (Lipinski definition) is 4. The Morgan fingerprint density at radius 2 is 2.25 bits per heavy atom. The van der Waals surface area contributed by atoms with Crippen LogP contribution in [0, 0.1) is 5.92 Å². The summed E-state index contributed by atoms with van der Waals surface area (Å²) in [6.45, 7) is 2.51. The summed E-state index contributed by atoms with van der Waals surface area (Å²) in [5.74, 6) is 0.214. The van der Waals surface area contributed by atoms with Crippen LogP contribution in [0.3, 0.4) is 0 Å². The molecule has 0 spiro atoms. The van der Waals surface area contributed by atoms with Crippen LogP contribution in [0.1, 0.15) is 22.3 Å². The van der Waals surface area contributed by atoms with Crippen molar-refractivity contribution in [1.29, 1.82) is 0 Å². The molecule has 1 aliphatic rings. The molecule has 1 aliphatic heterocycles. The Balaban J connectivity index is 1.51. The van der Waals surface area contributed by atoms with E-state index in [0.717, 1.165) is 18.6 Å². The van der Waals surface area contributed by atoms with Gasteiger partial charge >= 0.3 is 0 Å². The molecule has 1 amide bonds. The predicted octanol–water partition coefficient (Wildman–Crippen LogP) is 1.68. The van der Waals surface area contributed by atoms with Gasteiger partial charge in [-0.05, 0) is 24.1 Å². The van der Waals surface area contributed by atoms with Crippen molar-refractivity contribution in [3.05, 3.63) is 52.8 Å². The number of aromatic nitrogens is 2. The maximum absolute atomic E-state index is 12.2. The van der Waals surface area contributed by atoms with Crippen molar-refractivity contribution in [3.63, 3.8) is 0 Å². The number of amides is 1. The Morgan fingerprint density at radius 1 is 1.46 bits per heavy atom. The van der Waals surface area contributed by atoms with E-state index in [2.05, 4.69) is 10.4 Å². The lowest BCUT2D eigenvalue weighted by Crippen LogP contribution is -2.42. The second-order valence-electron chi connectivity index (χ2n) is 6.05. The molecular formula is C17H21ClN4O2. The first-order chi connectivity index (χ1) is 11.6. The summed E-state index contributed by atoms with van der Waals surface area (Å²) in [4.78, 5) is 12.2. The Kier molecular flexibility index (Phi) is 5.50. The molecule has 1 aromatic heterocycles. The summed E-state index contributed by atoms with van der Waals surface area (Å²) in [6, 6.07) is 7.37. The summed E-state index contributed by atoms with van der Waals surface area (Å²) < 4.78 is 7.08. The highest BCUT2D eigenvalue weighted by Crippen LogP contribution is 2.15. The molecule has 0 radical (unpaired) electrons. The number of halogens is 1. The summed E-state index contributed by atoms with van der Waals surface area (Å²) in [7, 11) is 0. The molecule has 0 saturated carbocycles. The number of nitrogens with zero attached hydrogens (tertiary/aromatic N) is 2. The molecule has 2 heterocycles. The summed E-state index contributed by atoms with van der Waals surface area (Å²) in [5.41, 5.74) is 7.77. The van der Waals surface area contributed by atoms with E-state index in [9.17, 15) is 4.79 Å². The fourth-order valence-corrected chi connectivity index (χ4v) is 2.90. The van der Waals surface area contributed by atoms with Gasteiger partial charge in [0.1, 0.15) is 0 Å². The van der Waals surface area contributed by atoms with Gasteiger partial charge in [0.15, 0.2) is 0 Å². The van der Waals surface area contributed by atoms with Crippen LogP contribution in [0.25, 0.3) is 0 Å². The highest BCUT2D eigenvalue weighted by Gasteiger charge is 2.23. The fraction of sp³-hybridized carbons (Fsp3) is 0.412. The van der Waals surface area contributed by atoms with Crippen LogP contribution >= 0.6 is 11.6 Å². The van der Waals surface area contributed by atoms with E-state index in [1.807, 2.05) is 12.1 Å². The normalized spacial score (nSPS) is 18.5. The molecule has 128 valence electrons. The molecule has 2 atom stereocenters. The molecular weight excluding hydrogens is 328 g/mol. The Bertz CT molecular complexity index is 680. The number of carbonyl (C=O) groups excluding carboxylic acids is 1. The first kappa shape index (κ1) is 17.0. The molecule has 2 aromatic rings. The van der Waals surface area contributed by atoms with Gasteiger partial charge in [0, 0.05) is 36.9 Å². The van der Waals surface area contributed by atoms with Gasteiger partial charge in [0.25, 0.3) is 5.91 Å². The average Bonchev–Trinajstić information content (AvgIpc) is 3.25. The zero-order chi connectivity index (χ0) is 16.9. The maximum Gasteiger partial charge on any atom is 0.251 e. The Labute approximate surface area is 145 Å². The van der Waals surface area contributed by atoms with Crippen LogP contribution in [0.5, 0.6) is 0 Å². The Hall–Kier alpha value is -1.89. The van der Waals surface area contributed by atoms with Gasteiger partial charge in [-0.25, -0.2) is 0 Å². The van der Waals surface area contributed by atoms with Gasteiger partial charge in [-0.3, -0.25) is 9.48 Å². The summed E-state index contributed by atoms with van der Waals surface area (Å²) in [5, 5.41) is 7.64. The lowest BCUT2D eigenvalue weighted by Gasteiger charge is -2.18. The third kappa shape index (κ3) is 4.35. The lowest BCUT2D eigenvalue weighted by atomic mass is 10.00. The zero-order valence-electron chi connectivity index (χ0n) is 13.3. The van der Waals surface area contributed by atoms with Crippen molar-refractivity contribution in [3.8, 4) is 0 Å². The van der Waals surface area contributed by atoms with Crippen LogP contribution in [-0.2, 0) is 11.3 Å². The van der Waals surface area contributed by atoms with Crippen molar-refractivity contribution in [2.24, 2.45) is 11.7 Å². The largest absolute Gasteiger partial charge is 0.381 e. The minimum Gasteiger partial charge on any atom is -0.381 e. The van der Waals surface area contributed by atoms with E-state index in [1.165, 1.54) is 0 Å². The highest BCUT2D eigenvalue weighted by atomic mass is 35.5. The van der Waals surface area contributed by atoms with Crippen molar-refractivity contribution in [2.45, 2.75) is 19.0 Å². The third-order valence-corrected chi connectivity index (χ3v) is 4.43. The number of hydrogen-bond donors (Lipinski definition) is 2. The van der Waals surface area contributed by atoms with Gasteiger partial charge in [0.05, 0.1) is 24.4 Å². The zero-order valence-corrected chi connectivity index (χ0v) is 14.1. The van der Waals surface area contributed by atoms with E-state index < -0.39 is 0 Å². The number of carbonyl (C=O) groups is 1. The van der Waals surface area contributed by atoms with E-state index in [0.29, 0.717) is 36.2 Å². The standard InChI is InChI=1S/C17H21ClN4O2/c18-15-7-21-22(10-15)9-12-1-3-13(4-2-12)17(23)20-8-16(19)14-5-6-24-11-14/h1-4,7,10,14,16H,5-6,8-9,11,19H2,(H,20,23). The monoisotopic (exact) mass is 348 g/mol. The first-order valence-electron chi connectivity index (χ1n) is 8.00. The number of ether oxygens (including phenoxy) is 1. The van der Waals surface area contributed by atoms with E-state index >= 15 is 0 Å². The molecule has 1 fully saturated rings. The SMILES string of the molecule is NC(CNC(=O)c1ccc(Cn2cc(Cl)cn2)cc1)C1CCOC1. The Morgan fingerprint density at radius 3 is 2.88 bits per heavy atom. The molecule has 1 aromatic carbocycles. The van der Waals surface area contributed by atoms with Gasteiger partial charge < -0.3 is 15.8 Å². The predicted molar refractivity (Wildman–Crippen MR) is 92.0 cm³/mol. The smallest absolute Gasteiger partial charge is 0.251 e. The highest BCUT2D eigenvalue weighted by molar-refractivity contribution is 6.30. The van der Waals surface area contributed by atoms with Crippen LogP contribution in [0.4, 0.5) is 0 Å². The number of nitrogens with two attached hydrogens (primary N) is 1. The third-order valence-electron chi connectivity index (χ3n) is 4.23. The van der Waals surface area contributed by atoms with Gasteiger partial charge in [0.2, 0.25) is 0 Å². The van der Waals surface area contributed by atoms with Crippen LogP contribution < -0.4 is 11.1 Å². The molecule has 2 unspecified atom stereocenters. The average molecular weight is 349 g/mol. The minimum atomic E-state index is -0.113. The number of rotatable bonds is 6. The second kappa shape index (κ2) is 7.79. The first-order valence-corrected chi connectivity index (χ1v) is 8.38. The summed E-state index contributed by atoms with van der Waals surface area (Å²) in [6.07, 6.45) is 4.32. The van der Waals surface area contributed by atoms with Crippen LogP contribution in [0.15, 0.2) is 36.7 Å². The molecule has 3 N–H and O–H groups in total. The number of nitrogens with one attached hydrogen (secondary N) is 1. The fourth-order valence-electron chi connectivity index (χ4n) is 2.74. The minimum absolute atomic E-state index is 0.0692. The van der Waals surface area contributed by atoms with Crippen molar-refractivity contribution in [1.82, 2.24) is 15.1 Å². The molecule has 0 aliphatic carbocycles. The van der Waals surface area contributed by atoms with E-state index in [-0.39, 0.29) is 11.9 Å². The van der Waals surface area contributed by atoms with Gasteiger partial charge in [-0.1, -0.05) is 23.7 Å². The van der Waals surface area contributed by atoms with Crippen molar-refractivity contribution < 1.29 is 9.53 Å². The van der Waals surface area contributed by atoms with E-state index in [1.54, 1.807) is 29.2 Å². The lowest BCUT2D eigenvalue weighted by molar-refractivity contribution is 0.0947. The molecule has 6 nitrogen and oxygen atoms in total. The maximum atomic E-state index is 12.2. The van der Waals surface area contributed by atoms with Crippen molar-refractivity contribution >= 4 is 17.5 Å². The topological polar surface area (TPSA) is 82.2 Å². The quantitative estimate of drug-likeness (QED) is 0.832. The molecule has 3 rings (SSSR count). The van der Waals surface area contributed by atoms with Gasteiger partial charge in [-0.2, -0.15) is 5.10 Å². The van der Waals surface area contributed by atoms with Crippen molar-refractivity contribution in [2.75, 3.05) is 19.8 Å². The van der Waals surface area contributed by atoms with Crippen LogP contribution in [0.2, 0.25) is 5.02 Å². The van der Waals surface area contributed by atoms with E-state index in [4.69, 9.17) is 22.1 Å². The summed E-state index contributed by atoms with van der Waals surface area (Å²) >= 11 is 5.85. The molecule has 1 saturated heterocycles. The molecule has 24 heavy (non-hydrogen) atoms. The van der Waals surface area contributed by atoms with Crippen LogP contribution in [-0.4, -0.2) is 41.5 Å².